The van der Waals surface area contributed by atoms with E-state index < -0.39 is 0 Å². The van der Waals surface area contributed by atoms with E-state index >= 15 is 0 Å². The van der Waals surface area contributed by atoms with Gasteiger partial charge in [0, 0.05) is 19.5 Å². The first kappa shape index (κ1) is 14.8. The Morgan fingerprint density at radius 2 is 2.00 bits per heavy atom. The Hall–Kier alpha value is -2.22. The van der Waals surface area contributed by atoms with Gasteiger partial charge in [0.2, 0.25) is 5.91 Å². The zero-order valence-electron chi connectivity index (χ0n) is 10.8. The van der Waals surface area contributed by atoms with Crippen molar-refractivity contribution in [2.24, 2.45) is 5.84 Å². The van der Waals surface area contributed by atoms with Crippen molar-refractivity contribution < 1.29 is 9.59 Å². The predicted molar refractivity (Wildman–Crippen MR) is 70.1 cm³/mol. The second-order valence-corrected chi connectivity index (χ2v) is 3.80. The molecule has 0 bridgehead atoms. The zero-order valence-corrected chi connectivity index (χ0v) is 10.8. The lowest BCUT2D eigenvalue weighted by molar-refractivity contribution is -0.120. The first-order valence-electron chi connectivity index (χ1n) is 6.02. The van der Waals surface area contributed by atoms with Crippen LogP contribution in [0.25, 0.3) is 0 Å². The summed E-state index contributed by atoms with van der Waals surface area (Å²) in [5.41, 5.74) is 2.49. The highest BCUT2D eigenvalue weighted by molar-refractivity contribution is 5.92. The summed E-state index contributed by atoms with van der Waals surface area (Å²) in [6.07, 6.45) is 1.12. The van der Waals surface area contributed by atoms with E-state index in [4.69, 9.17) is 5.84 Å². The smallest absolute Gasteiger partial charge is 0.271 e. The summed E-state index contributed by atoms with van der Waals surface area (Å²) >= 11 is 0. The summed E-state index contributed by atoms with van der Waals surface area (Å²) in [7, 11) is 0. The number of nitrogens with two attached hydrogens (primary N) is 1. The van der Waals surface area contributed by atoms with E-state index in [9.17, 15) is 9.59 Å². The van der Waals surface area contributed by atoms with Crippen molar-refractivity contribution in [2.75, 3.05) is 18.5 Å². The maximum absolute atomic E-state index is 11.6. The molecule has 0 fully saturated rings. The van der Waals surface area contributed by atoms with Crippen LogP contribution >= 0.6 is 0 Å². The molecule has 5 N–H and O–H groups in total. The molecule has 0 aliphatic carbocycles. The molecule has 104 valence electrons. The van der Waals surface area contributed by atoms with Gasteiger partial charge in [0.1, 0.15) is 0 Å². The van der Waals surface area contributed by atoms with Crippen LogP contribution < -0.4 is 21.9 Å². The number of carbonyl (C=O) groups is 2. The van der Waals surface area contributed by atoms with Gasteiger partial charge in [-0.15, -0.1) is 10.2 Å². The lowest BCUT2D eigenvalue weighted by Crippen LogP contribution is -2.31. The first-order valence-corrected chi connectivity index (χ1v) is 6.02. The molecular weight excluding hydrogens is 248 g/mol. The summed E-state index contributed by atoms with van der Waals surface area (Å²) in [4.78, 5) is 22.9. The summed E-state index contributed by atoms with van der Waals surface area (Å²) in [5, 5.41) is 12.7. The number of nitrogen functional groups attached to an aromatic ring is 1. The molecule has 8 heteroatoms. The van der Waals surface area contributed by atoms with E-state index in [0.717, 1.165) is 6.42 Å². The Morgan fingerprint density at radius 1 is 1.21 bits per heavy atom. The molecule has 1 rings (SSSR count). The molecule has 0 aliphatic heterocycles. The van der Waals surface area contributed by atoms with Crippen LogP contribution in [-0.2, 0) is 4.79 Å². The maximum Gasteiger partial charge on any atom is 0.271 e. The van der Waals surface area contributed by atoms with E-state index in [2.05, 4.69) is 26.3 Å². The van der Waals surface area contributed by atoms with Gasteiger partial charge in [-0.05, 0) is 18.6 Å². The van der Waals surface area contributed by atoms with Crippen molar-refractivity contribution in [3.63, 3.8) is 0 Å². The molecule has 0 atom stereocenters. The summed E-state index contributed by atoms with van der Waals surface area (Å²) in [5.74, 6) is 5.04. The minimum absolute atomic E-state index is 0.0871. The Morgan fingerprint density at radius 3 is 2.58 bits per heavy atom. The molecule has 0 aliphatic rings. The standard InChI is InChI=1S/C11H18N6O2/c1-2-6-13-10(18)5-7-14-11(19)8-3-4-9(15-12)17-16-8/h3-4H,2,5-7,12H2,1H3,(H,13,18)(H,14,19)(H,15,17). The van der Waals surface area contributed by atoms with Crippen LogP contribution in [0, 0.1) is 0 Å². The fourth-order valence-corrected chi connectivity index (χ4v) is 1.26. The number of hydrogen-bond acceptors (Lipinski definition) is 6. The Kier molecular flexibility index (Phi) is 6.23. The van der Waals surface area contributed by atoms with Gasteiger partial charge in [0.25, 0.3) is 5.91 Å². The van der Waals surface area contributed by atoms with Crippen molar-refractivity contribution in [3.05, 3.63) is 17.8 Å². The van der Waals surface area contributed by atoms with E-state index in [-0.39, 0.29) is 30.5 Å². The molecule has 0 unspecified atom stereocenters. The molecule has 0 aromatic carbocycles. The Balaban J connectivity index is 2.32. The Bertz CT molecular complexity index is 420. The zero-order chi connectivity index (χ0) is 14.1. The molecule has 0 spiro atoms. The van der Waals surface area contributed by atoms with E-state index in [0.29, 0.717) is 12.4 Å². The normalized spacial score (nSPS) is 9.79. The van der Waals surface area contributed by atoms with E-state index in [1.807, 2.05) is 6.92 Å². The van der Waals surface area contributed by atoms with Crippen molar-refractivity contribution in [1.29, 1.82) is 0 Å². The van der Waals surface area contributed by atoms with Crippen molar-refractivity contribution >= 4 is 17.6 Å². The SMILES string of the molecule is CCCNC(=O)CCNC(=O)c1ccc(NN)nn1. The molecule has 19 heavy (non-hydrogen) atoms. The average Bonchev–Trinajstić information content (AvgIpc) is 2.45. The summed E-state index contributed by atoms with van der Waals surface area (Å²) in [6.45, 7) is 2.87. The third kappa shape index (κ3) is 5.30. The second kappa shape index (κ2) is 7.98. The fourth-order valence-electron chi connectivity index (χ4n) is 1.26. The number of hydrazine groups is 1. The molecule has 1 heterocycles. The topological polar surface area (TPSA) is 122 Å². The highest BCUT2D eigenvalue weighted by Crippen LogP contribution is 1.99. The number of nitrogens with zero attached hydrogens (tertiary/aromatic N) is 2. The first-order chi connectivity index (χ1) is 9.17. The number of aromatic nitrogens is 2. The van der Waals surface area contributed by atoms with Gasteiger partial charge < -0.3 is 16.1 Å². The maximum atomic E-state index is 11.6. The van der Waals surface area contributed by atoms with Gasteiger partial charge in [-0.1, -0.05) is 6.92 Å². The molecule has 1 aromatic heterocycles. The molecule has 0 saturated heterocycles. The van der Waals surface area contributed by atoms with Crippen LogP contribution in [0.2, 0.25) is 0 Å². The number of nitrogens with one attached hydrogen (secondary N) is 3. The lowest BCUT2D eigenvalue weighted by atomic mass is 10.3. The van der Waals surface area contributed by atoms with Crippen molar-refractivity contribution in [1.82, 2.24) is 20.8 Å². The van der Waals surface area contributed by atoms with Gasteiger partial charge in [-0.3, -0.25) is 9.59 Å². The van der Waals surface area contributed by atoms with Gasteiger partial charge in [0.05, 0.1) is 0 Å². The van der Waals surface area contributed by atoms with Gasteiger partial charge in [-0.2, -0.15) is 0 Å². The van der Waals surface area contributed by atoms with Crippen molar-refractivity contribution in [3.8, 4) is 0 Å². The highest BCUT2D eigenvalue weighted by atomic mass is 16.2. The Labute approximate surface area is 111 Å². The summed E-state index contributed by atoms with van der Waals surface area (Å²) in [6, 6.07) is 3.03. The van der Waals surface area contributed by atoms with Crippen molar-refractivity contribution in [2.45, 2.75) is 19.8 Å². The highest BCUT2D eigenvalue weighted by Gasteiger charge is 2.08. The minimum Gasteiger partial charge on any atom is -0.356 e. The van der Waals surface area contributed by atoms with E-state index in [1.165, 1.54) is 12.1 Å². The molecule has 0 radical (unpaired) electrons. The molecule has 8 nitrogen and oxygen atoms in total. The van der Waals surface area contributed by atoms with Gasteiger partial charge in [-0.25, -0.2) is 5.84 Å². The summed E-state index contributed by atoms with van der Waals surface area (Å²) < 4.78 is 0. The van der Waals surface area contributed by atoms with Crippen LogP contribution in [0.1, 0.15) is 30.3 Å². The van der Waals surface area contributed by atoms with Crippen LogP contribution in [-0.4, -0.2) is 35.1 Å². The number of carbonyl (C=O) groups excluding carboxylic acids is 2. The largest absolute Gasteiger partial charge is 0.356 e. The molecule has 1 aromatic rings. The fraction of sp³-hybridized carbons (Fsp3) is 0.455. The monoisotopic (exact) mass is 266 g/mol. The van der Waals surface area contributed by atoms with Gasteiger partial charge >= 0.3 is 0 Å². The minimum atomic E-state index is -0.376. The van der Waals surface area contributed by atoms with Crippen LogP contribution in [0.4, 0.5) is 5.82 Å². The molecular formula is C11H18N6O2. The quantitative estimate of drug-likeness (QED) is 0.386. The average molecular weight is 266 g/mol. The van der Waals surface area contributed by atoms with Gasteiger partial charge in [0.15, 0.2) is 11.5 Å². The number of amides is 2. The van der Waals surface area contributed by atoms with E-state index in [1.54, 1.807) is 0 Å². The van der Waals surface area contributed by atoms with Crippen LogP contribution in [0.5, 0.6) is 0 Å². The lowest BCUT2D eigenvalue weighted by Gasteiger charge is -2.05. The van der Waals surface area contributed by atoms with Crippen LogP contribution in [0.3, 0.4) is 0 Å². The van der Waals surface area contributed by atoms with Crippen LogP contribution in [0.15, 0.2) is 12.1 Å². The predicted octanol–water partition coefficient (Wildman–Crippen LogP) is -0.592. The third-order valence-electron chi connectivity index (χ3n) is 2.25. The third-order valence-corrected chi connectivity index (χ3v) is 2.25. The number of anilines is 1. The molecule has 0 saturated carbocycles. The number of rotatable bonds is 7. The number of hydrogen-bond donors (Lipinski definition) is 4. The molecule has 2 amide bonds. The second-order valence-electron chi connectivity index (χ2n) is 3.80.